The van der Waals surface area contributed by atoms with Crippen molar-refractivity contribution in [1.29, 1.82) is 0 Å². The zero-order chi connectivity index (χ0) is 21.7. The van der Waals surface area contributed by atoms with E-state index in [0.29, 0.717) is 11.1 Å². The zero-order valence-electron chi connectivity index (χ0n) is 15.4. The third-order valence-electron chi connectivity index (χ3n) is 3.96. The van der Waals surface area contributed by atoms with Gasteiger partial charge in [-0.1, -0.05) is 41.9 Å². The topological polar surface area (TPSA) is 56.2 Å². The molecule has 0 radical (unpaired) electrons. The first kappa shape index (κ1) is 21.8. The van der Waals surface area contributed by atoms with Crippen molar-refractivity contribution >= 4 is 23.3 Å². The van der Waals surface area contributed by atoms with Gasteiger partial charge >= 0.3 is 6.18 Å². The predicted octanol–water partition coefficient (Wildman–Crippen LogP) is 5.06. The Morgan fingerprint density at radius 3 is 2.67 bits per heavy atom. The Labute approximate surface area is 174 Å². The molecule has 1 aromatic heterocycles. The molecule has 0 unspecified atom stereocenters. The van der Waals surface area contributed by atoms with Gasteiger partial charge in [-0.2, -0.15) is 18.3 Å². The maximum atomic E-state index is 13.8. The van der Waals surface area contributed by atoms with E-state index in [1.807, 2.05) is 0 Å². The lowest BCUT2D eigenvalue weighted by Gasteiger charge is -2.09. The molecule has 0 bridgehead atoms. The number of rotatable bonds is 7. The lowest BCUT2D eigenvalue weighted by Crippen LogP contribution is -2.17. The lowest BCUT2D eigenvalue weighted by molar-refractivity contribution is -0.176. The molecule has 1 N–H and O–H groups in total. The standard InChI is InChI=1S/C20H16ClF4N3O2/c21-16-10-28(9-15-5-1-2-7-17(15)22)27-18(16)26-19(29)14-6-3-4-13(8-14)11-30-12-20(23,24)25/h1-8,10H,9,11-12H2,(H,26,27,29). The van der Waals surface area contributed by atoms with Crippen LogP contribution in [0.1, 0.15) is 21.5 Å². The van der Waals surface area contributed by atoms with Crippen LogP contribution in [0.15, 0.2) is 54.7 Å². The highest BCUT2D eigenvalue weighted by Crippen LogP contribution is 2.22. The van der Waals surface area contributed by atoms with Crippen LogP contribution in [-0.4, -0.2) is 28.5 Å². The summed E-state index contributed by atoms with van der Waals surface area (Å²) in [5.74, 6) is -0.860. The second-order valence-corrected chi connectivity index (χ2v) is 6.78. The van der Waals surface area contributed by atoms with Crippen LogP contribution in [0, 0.1) is 5.82 Å². The van der Waals surface area contributed by atoms with Crippen LogP contribution in [0.5, 0.6) is 0 Å². The molecule has 3 rings (SSSR count). The summed E-state index contributed by atoms with van der Waals surface area (Å²) in [5, 5.41) is 6.84. The maximum absolute atomic E-state index is 13.8. The first-order chi connectivity index (χ1) is 14.2. The molecule has 0 saturated carbocycles. The normalized spacial score (nSPS) is 11.5. The van der Waals surface area contributed by atoms with E-state index in [4.69, 9.17) is 11.6 Å². The molecule has 0 aliphatic carbocycles. The van der Waals surface area contributed by atoms with Crippen LogP contribution < -0.4 is 5.32 Å². The van der Waals surface area contributed by atoms with Crippen molar-refractivity contribution in [3.05, 3.63) is 82.3 Å². The fourth-order valence-corrected chi connectivity index (χ4v) is 2.83. The molecule has 30 heavy (non-hydrogen) atoms. The van der Waals surface area contributed by atoms with Crippen LogP contribution >= 0.6 is 11.6 Å². The number of alkyl halides is 3. The number of carbonyl (C=O) groups excluding carboxylic acids is 1. The van der Waals surface area contributed by atoms with Crippen molar-refractivity contribution in [3.63, 3.8) is 0 Å². The largest absolute Gasteiger partial charge is 0.411 e. The summed E-state index contributed by atoms with van der Waals surface area (Å²) in [7, 11) is 0. The van der Waals surface area contributed by atoms with Crippen LogP contribution in [0.4, 0.5) is 23.4 Å². The molecule has 0 spiro atoms. The molecule has 5 nitrogen and oxygen atoms in total. The molecule has 0 saturated heterocycles. The number of hydrogen-bond acceptors (Lipinski definition) is 3. The van der Waals surface area contributed by atoms with Crippen LogP contribution in [0.3, 0.4) is 0 Å². The smallest absolute Gasteiger partial charge is 0.367 e. The monoisotopic (exact) mass is 441 g/mol. The highest BCUT2D eigenvalue weighted by molar-refractivity contribution is 6.33. The van der Waals surface area contributed by atoms with Gasteiger partial charge < -0.3 is 10.1 Å². The summed E-state index contributed by atoms with van der Waals surface area (Å²) < 4.78 is 56.3. The van der Waals surface area contributed by atoms with Crippen molar-refractivity contribution in [3.8, 4) is 0 Å². The molecule has 3 aromatic rings. The van der Waals surface area contributed by atoms with Gasteiger partial charge in [-0.25, -0.2) is 4.39 Å². The first-order valence-electron chi connectivity index (χ1n) is 8.72. The van der Waals surface area contributed by atoms with Gasteiger partial charge in [-0.15, -0.1) is 0 Å². The number of nitrogens with one attached hydrogen (secondary N) is 1. The van der Waals surface area contributed by atoms with Gasteiger partial charge in [0.25, 0.3) is 5.91 Å². The number of nitrogens with zero attached hydrogens (tertiary/aromatic N) is 2. The van der Waals surface area contributed by atoms with E-state index in [2.05, 4.69) is 15.2 Å². The minimum Gasteiger partial charge on any atom is -0.367 e. The summed E-state index contributed by atoms with van der Waals surface area (Å²) >= 11 is 6.11. The second-order valence-electron chi connectivity index (χ2n) is 6.38. The van der Waals surface area contributed by atoms with Crippen molar-refractivity contribution in [1.82, 2.24) is 9.78 Å². The molecule has 10 heteroatoms. The van der Waals surface area contributed by atoms with E-state index in [9.17, 15) is 22.4 Å². The summed E-state index contributed by atoms with van der Waals surface area (Å²) in [6.07, 6.45) is -2.97. The lowest BCUT2D eigenvalue weighted by atomic mass is 10.1. The number of carbonyl (C=O) groups is 1. The molecule has 0 aliphatic heterocycles. The number of benzene rings is 2. The number of anilines is 1. The third kappa shape index (κ3) is 6.04. The van der Waals surface area contributed by atoms with E-state index in [-0.39, 0.29) is 35.4 Å². The quantitative estimate of drug-likeness (QED) is 0.522. The molecule has 1 amide bonds. The number of ether oxygens (including phenoxy) is 1. The predicted molar refractivity (Wildman–Crippen MR) is 103 cm³/mol. The zero-order valence-corrected chi connectivity index (χ0v) is 16.2. The van der Waals surface area contributed by atoms with Gasteiger partial charge in [-0.05, 0) is 23.8 Å². The Hall–Kier alpha value is -2.91. The van der Waals surface area contributed by atoms with Gasteiger partial charge in [0, 0.05) is 17.3 Å². The van der Waals surface area contributed by atoms with Gasteiger partial charge in [-0.3, -0.25) is 9.48 Å². The molecular formula is C20H16ClF4N3O2. The molecule has 2 aromatic carbocycles. The number of aromatic nitrogens is 2. The summed E-state index contributed by atoms with van der Waals surface area (Å²) in [6, 6.07) is 12.2. The van der Waals surface area contributed by atoms with Crippen molar-refractivity contribution in [2.24, 2.45) is 0 Å². The Morgan fingerprint density at radius 2 is 1.93 bits per heavy atom. The number of hydrogen-bond donors (Lipinski definition) is 1. The molecular weight excluding hydrogens is 426 g/mol. The van der Waals surface area contributed by atoms with E-state index in [1.54, 1.807) is 24.3 Å². The average Bonchev–Trinajstić information content (AvgIpc) is 3.02. The van der Waals surface area contributed by atoms with Crippen LogP contribution in [0.2, 0.25) is 5.02 Å². The first-order valence-corrected chi connectivity index (χ1v) is 9.10. The fourth-order valence-electron chi connectivity index (χ4n) is 2.63. The Bertz CT molecular complexity index is 1040. The summed E-state index contributed by atoms with van der Waals surface area (Å²) in [5.41, 5.74) is 1.01. The molecule has 0 atom stereocenters. The van der Waals surface area contributed by atoms with Gasteiger partial charge in [0.2, 0.25) is 0 Å². The van der Waals surface area contributed by atoms with E-state index < -0.39 is 18.7 Å². The summed E-state index contributed by atoms with van der Waals surface area (Å²) in [6.45, 7) is -1.55. The van der Waals surface area contributed by atoms with E-state index in [1.165, 1.54) is 35.1 Å². The molecule has 0 aliphatic rings. The van der Waals surface area contributed by atoms with Crippen LogP contribution in [0.25, 0.3) is 0 Å². The minimum atomic E-state index is -4.42. The molecule has 0 fully saturated rings. The Morgan fingerprint density at radius 1 is 1.17 bits per heavy atom. The average molecular weight is 442 g/mol. The number of amides is 1. The van der Waals surface area contributed by atoms with E-state index in [0.717, 1.165) is 0 Å². The van der Waals surface area contributed by atoms with Gasteiger partial charge in [0.15, 0.2) is 5.82 Å². The minimum absolute atomic E-state index is 0.0803. The third-order valence-corrected chi connectivity index (χ3v) is 4.24. The van der Waals surface area contributed by atoms with Crippen LogP contribution in [-0.2, 0) is 17.9 Å². The molecule has 158 valence electrons. The maximum Gasteiger partial charge on any atom is 0.411 e. The Kier molecular flexibility index (Phi) is 6.73. The summed E-state index contributed by atoms with van der Waals surface area (Å²) in [4.78, 5) is 12.5. The van der Waals surface area contributed by atoms with Gasteiger partial charge in [0.05, 0.1) is 13.2 Å². The van der Waals surface area contributed by atoms with Crippen molar-refractivity contribution in [2.45, 2.75) is 19.3 Å². The van der Waals surface area contributed by atoms with Crippen molar-refractivity contribution < 1.29 is 27.1 Å². The highest BCUT2D eigenvalue weighted by atomic mass is 35.5. The van der Waals surface area contributed by atoms with E-state index >= 15 is 0 Å². The Balaban J connectivity index is 1.65. The second kappa shape index (κ2) is 9.27. The highest BCUT2D eigenvalue weighted by Gasteiger charge is 2.27. The SMILES string of the molecule is O=C(Nc1nn(Cc2ccccc2F)cc1Cl)c1cccc(COCC(F)(F)F)c1. The number of halogens is 5. The fraction of sp³-hybridized carbons (Fsp3) is 0.200. The molecule has 1 heterocycles. The van der Waals surface area contributed by atoms with Crippen molar-refractivity contribution in [2.75, 3.05) is 11.9 Å². The van der Waals surface area contributed by atoms with Gasteiger partial charge in [0.1, 0.15) is 17.4 Å².